The quantitative estimate of drug-likeness (QED) is 0.513. The molecule has 0 aliphatic carbocycles. The molecule has 4 rings (SSSR count). The molecule has 2 aromatic carbocycles. The number of nitrogens with zero attached hydrogens (tertiary/aromatic N) is 3. The molecule has 9 heteroatoms. The zero-order valence-electron chi connectivity index (χ0n) is 14.9. The Balaban J connectivity index is 2.15. The molecule has 1 aromatic heterocycles. The molecule has 0 fully saturated rings. The highest BCUT2D eigenvalue weighted by atomic mass is 35.5. The first-order chi connectivity index (χ1) is 13.4. The zero-order valence-corrected chi connectivity index (χ0v) is 16.5. The van der Waals surface area contributed by atoms with Crippen molar-refractivity contribution in [3.05, 3.63) is 69.2 Å². The summed E-state index contributed by atoms with van der Waals surface area (Å²) in [5, 5.41) is 4.95. The van der Waals surface area contributed by atoms with Crippen molar-refractivity contribution in [3.63, 3.8) is 0 Å². The van der Waals surface area contributed by atoms with Gasteiger partial charge in [-0.2, -0.15) is 0 Å². The van der Waals surface area contributed by atoms with Crippen molar-refractivity contribution < 1.29 is 13.9 Å². The molecule has 1 aliphatic heterocycles. The minimum Gasteiger partial charge on any atom is -0.291 e. The molecule has 1 amide bonds. The van der Waals surface area contributed by atoms with Gasteiger partial charge in [-0.15, -0.1) is 0 Å². The number of H-pyrrole nitrogens is 1. The lowest BCUT2D eigenvalue weighted by Gasteiger charge is -2.31. The lowest BCUT2D eigenvalue weighted by atomic mass is 10.0. The van der Waals surface area contributed by atoms with Gasteiger partial charge < -0.3 is 0 Å². The average Bonchev–Trinajstić information content (AvgIpc) is 2.67. The molecule has 0 saturated carbocycles. The van der Waals surface area contributed by atoms with Gasteiger partial charge in [0.1, 0.15) is 5.82 Å². The summed E-state index contributed by atoms with van der Waals surface area (Å²) < 4.78 is 16.2. The number of fused-ring (bicyclic) bond motifs is 3. The number of anilines is 1. The van der Waals surface area contributed by atoms with E-state index in [2.05, 4.69) is 10.1 Å². The fourth-order valence-electron chi connectivity index (χ4n) is 3.42. The minimum absolute atomic E-state index is 0.0743. The summed E-state index contributed by atoms with van der Waals surface area (Å²) in [5.41, 5.74) is 0.944. The van der Waals surface area contributed by atoms with Crippen molar-refractivity contribution in [2.24, 2.45) is 0 Å². The van der Waals surface area contributed by atoms with Crippen LogP contribution in [0.5, 0.6) is 0 Å². The Labute approximate surface area is 169 Å². The van der Waals surface area contributed by atoms with Crippen LogP contribution in [0.25, 0.3) is 11.3 Å². The van der Waals surface area contributed by atoms with Gasteiger partial charge in [0.25, 0.3) is 6.17 Å². The molecule has 0 bridgehead atoms. The molecular formula is C19H15ClFN4O2S+. The summed E-state index contributed by atoms with van der Waals surface area (Å²) in [6.07, 6.45) is 0.722. The standard InChI is InChI=1S/C19H14ClFN4O2S/c1-10(26)24-14-9-4-3-6-11(14)16-17(27)22-19(28-2)23-25(16)18(24)15-12(20)7-5-8-13(15)21/h3-9,18H,1-2H3/p+1/t18-/m1/s1. The van der Waals surface area contributed by atoms with Crippen molar-refractivity contribution in [3.8, 4) is 11.3 Å². The van der Waals surface area contributed by atoms with Crippen LogP contribution in [0.1, 0.15) is 18.7 Å². The van der Waals surface area contributed by atoms with Crippen molar-refractivity contribution in [2.45, 2.75) is 18.2 Å². The Hall–Kier alpha value is -2.71. The van der Waals surface area contributed by atoms with E-state index in [0.29, 0.717) is 16.4 Å². The van der Waals surface area contributed by atoms with Crippen molar-refractivity contribution in [1.82, 2.24) is 10.1 Å². The molecular weight excluding hydrogens is 403 g/mol. The van der Waals surface area contributed by atoms with Crippen LogP contribution >= 0.6 is 23.4 Å². The van der Waals surface area contributed by atoms with Gasteiger partial charge in [-0.1, -0.05) is 41.6 Å². The number of halogens is 2. The Bertz CT molecular complexity index is 1150. The Kier molecular flexibility index (Phi) is 4.68. The van der Waals surface area contributed by atoms with E-state index in [9.17, 15) is 14.0 Å². The average molecular weight is 418 g/mol. The number of thioether (sulfide) groups is 1. The highest BCUT2D eigenvalue weighted by Gasteiger charge is 2.46. The van der Waals surface area contributed by atoms with E-state index in [-0.39, 0.29) is 27.7 Å². The van der Waals surface area contributed by atoms with E-state index in [1.54, 1.807) is 36.6 Å². The smallest absolute Gasteiger partial charge is 0.291 e. The predicted molar refractivity (Wildman–Crippen MR) is 105 cm³/mol. The summed E-state index contributed by atoms with van der Waals surface area (Å²) in [5.74, 6) is -0.919. The van der Waals surface area contributed by atoms with E-state index in [0.717, 1.165) is 0 Å². The van der Waals surface area contributed by atoms with Crippen LogP contribution in [-0.4, -0.2) is 22.2 Å². The monoisotopic (exact) mass is 417 g/mol. The van der Waals surface area contributed by atoms with Gasteiger partial charge in [0.05, 0.1) is 21.8 Å². The Morgan fingerprint density at radius 3 is 2.71 bits per heavy atom. The van der Waals surface area contributed by atoms with Crippen LogP contribution in [0.2, 0.25) is 5.02 Å². The minimum atomic E-state index is -1.04. The van der Waals surface area contributed by atoms with Crippen molar-refractivity contribution >= 4 is 35.0 Å². The van der Waals surface area contributed by atoms with Gasteiger partial charge in [-0.3, -0.25) is 14.6 Å². The topological polar surface area (TPSA) is 69.9 Å². The number of carbonyl (C=O) groups is 1. The summed E-state index contributed by atoms with van der Waals surface area (Å²) in [4.78, 5) is 29.6. The molecule has 2 heterocycles. The number of hydrogen-bond donors (Lipinski definition) is 1. The van der Waals surface area contributed by atoms with Gasteiger partial charge in [0.15, 0.2) is 0 Å². The highest BCUT2D eigenvalue weighted by molar-refractivity contribution is 7.98. The first kappa shape index (κ1) is 18.6. The van der Waals surface area contributed by atoms with Crippen LogP contribution < -0.4 is 15.1 Å². The van der Waals surface area contributed by atoms with Gasteiger partial charge in [0, 0.05) is 12.0 Å². The number of benzene rings is 2. The molecule has 0 spiro atoms. The molecule has 0 unspecified atom stereocenters. The van der Waals surface area contributed by atoms with Gasteiger partial charge in [-0.25, -0.2) is 9.29 Å². The summed E-state index contributed by atoms with van der Waals surface area (Å²) >= 11 is 7.56. The van der Waals surface area contributed by atoms with Crippen LogP contribution in [0.4, 0.5) is 10.1 Å². The molecule has 3 aromatic rings. The third kappa shape index (κ3) is 2.80. The van der Waals surface area contributed by atoms with Crippen molar-refractivity contribution in [2.75, 3.05) is 11.2 Å². The largest absolute Gasteiger partial charge is 0.325 e. The van der Waals surface area contributed by atoms with Crippen molar-refractivity contribution in [1.29, 1.82) is 0 Å². The van der Waals surface area contributed by atoms with Crippen LogP contribution in [0, 0.1) is 5.82 Å². The summed E-state index contributed by atoms with van der Waals surface area (Å²) in [6, 6.07) is 11.3. The van der Waals surface area contributed by atoms with E-state index in [1.807, 2.05) is 0 Å². The Morgan fingerprint density at radius 1 is 1.29 bits per heavy atom. The second-order valence-corrected chi connectivity index (χ2v) is 7.37. The molecule has 0 radical (unpaired) electrons. The van der Waals surface area contributed by atoms with E-state index >= 15 is 0 Å². The molecule has 0 saturated heterocycles. The fraction of sp³-hybridized carbons (Fsp3) is 0.158. The zero-order chi connectivity index (χ0) is 20.0. The maximum absolute atomic E-state index is 14.9. The van der Waals surface area contributed by atoms with E-state index < -0.39 is 12.0 Å². The SMILES string of the molecule is CSc1n[n+]2c(c(=O)[nH]1)-c1ccccc1N(C(C)=O)[C@H]2c1c(F)cccc1Cl. The van der Waals surface area contributed by atoms with Crippen LogP contribution in [0.15, 0.2) is 52.4 Å². The van der Waals surface area contributed by atoms with Gasteiger partial charge in [0.2, 0.25) is 11.1 Å². The molecule has 1 atom stereocenters. The highest BCUT2D eigenvalue weighted by Crippen LogP contribution is 2.39. The fourth-order valence-corrected chi connectivity index (χ4v) is 4.05. The molecule has 6 nitrogen and oxygen atoms in total. The molecule has 28 heavy (non-hydrogen) atoms. The number of carbonyl (C=O) groups excluding carboxylic acids is 1. The molecule has 142 valence electrons. The number of amides is 1. The third-order valence-electron chi connectivity index (χ3n) is 4.55. The molecule has 1 aliphatic rings. The van der Waals surface area contributed by atoms with Crippen LogP contribution in [0.3, 0.4) is 0 Å². The normalized spacial score (nSPS) is 15.1. The molecule has 1 N–H and O–H groups in total. The number of rotatable bonds is 2. The second-order valence-electron chi connectivity index (χ2n) is 6.17. The van der Waals surface area contributed by atoms with Crippen LogP contribution in [-0.2, 0) is 4.79 Å². The van der Waals surface area contributed by atoms with E-state index in [1.165, 1.54) is 40.4 Å². The maximum atomic E-state index is 14.9. The summed E-state index contributed by atoms with van der Waals surface area (Å²) in [6.45, 7) is 1.38. The summed E-state index contributed by atoms with van der Waals surface area (Å²) in [7, 11) is 0. The number of aromatic nitrogens is 3. The number of para-hydroxylation sites is 1. The Morgan fingerprint density at radius 2 is 2.04 bits per heavy atom. The lowest BCUT2D eigenvalue weighted by molar-refractivity contribution is -0.763. The third-order valence-corrected chi connectivity index (χ3v) is 5.45. The first-order valence-electron chi connectivity index (χ1n) is 8.37. The van der Waals surface area contributed by atoms with Gasteiger partial charge in [-0.05, 0) is 35.2 Å². The van der Waals surface area contributed by atoms with E-state index in [4.69, 9.17) is 11.6 Å². The first-order valence-corrected chi connectivity index (χ1v) is 9.97. The lowest BCUT2D eigenvalue weighted by Crippen LogP contribution is -2.60. The number of hydrogen-bond acceptors (Lipinski definition) is 4. The second kappa shape index (κ2) is 7.03. The predicted octanol–water partition coefficient (Wildman–Crippen LogP) is 3.15. The number of nitrogens with one attached hydrogen (secondary N) is 1. The van der Waals surface area contributed by atoms with Gasteiger partial charge >= 0.3 is 11.3 Å². The maximum Gasteiger partial charge on any atom is 0.325 e. The number of aromatic amines is 1.